The second kappa shape index (κ2) is 14.0. The Balaban J connectivity index is 1.59. The molecule has 228 valence electrons. The Morgan fingerprint density at radius 1 is 0.977 bits per heavy atom. The summed E-state index contributed by atoms with van der Waals surface area (Å²) in [4.78, 5) is 31.8. The smallest absolute Gasteiger partial charge is 0.337 e. The molecule has 0 fully saturated rings. The number of esters is 1. The zero-order chi connectivity index (χ0) is 31.4. The minimum atomic E-state index is -0.802. The number of benzene rings is 3. The summed E-state index contributed by atoms with van der Waals surface area (Å²) in [7, 11) is 1.29. The summed E-state index contributed by atoms with van der Waals surface area (Å²) in [5.41, 5.74) is 2.05. The summed E-state index contributed by atoms with van der Waals surface area (Å²) in [6.07, 6.45) is 3.20. The van der Waals surface area contributed by atoms with E-state index in [1.807, 2.05) is 38.1 Å². The van der Waals surface area contributed by atoms with E-state index < -0.39 is 12.0 Å². The molecule has 1 aliphatic rings. The maximum absolute atomic E-state index is 14.1. The lowest BCUT2D eigenvalue weighted by molar-refractivity contribution is -0.136. The van der Waals surface area contributed by atoms with E-state index in [2.05, 4.69) is 20.9 Å². The van der Waals surface area contributed by atoms with Crippen LogP contribution in [-0.2, 0) is 16.1 Å². The van der Waals surface area contributed by atoms with E-state index in [1.165, 1.54) is 29.2 Å². The average Bonchev–Trinajstić information content (AvgIpc) is 3.33. The van der Waals surface area contributed by atoms with Gasteiger partial charge in [0.2, 0.25) is 0 Å². The standard InChI is InChI=1S/C32H27BrCl2N2O6S/c1-4-41-26-10-7-19(14-27(26)42-5-2)29-22(31(39)40-3)16-36-32-37(29)30(38)28(44-32)15-20-13-21(33)8-11-25(20)43-17-18-6-9-23(34)24(35)12-18/h6-16,29H,4-5,17H2,1-3H3/b28-15-/t29-/m0/s1. The molecule has 0 radical (unpaired) electrons. The Morgan fingerprint density at radius 3 is 2.45 bits per heavy atom. The molecule has 3 aromatic carbocycles. The maximum atomic E-state index is 14.1. The number of halogens is 3. The molecule has 8 nitrogen and oxygen atoms in total. The van der Waals surface area contributed by atoms with Crippen LogP contribution in [0.2, 0.25) is 10.0 Å². The largest absolute Gasteiger partial charge is 0.490 e. The number of thiazole rings is 1. The Bertz CT molecular complexity index is 1940. The number of aromatic nitrogens is 1. The Hall–Kier alpha value is -3.57. The number of carbonyl (C=O) groups is 1. The van der Waals surface area contributed by atoms with Crippen LogP contribution in [0.15, 0.2) is 80.6 Å². The molecule has 1 aromatic heterocycles. The molecule has 1 atom stereocenters. The van der Waals surface area contributed by atoms with Crippen LogP contribution in [0.1, 0.15) is 36.6 Å². The van der Waals surface area contributed by atoms with Gasteiger partial charge in [-0.1, -0.05) is 62.6 Å². The summed E-state index contributed by atoms with van der Waals surface area (Å²) in [6, 6.07) is 15.4. The monoisotopic (exact) mass is 716 g/mol. The lowest BCUT2D eigenvalue weighted by Gasteiger charge is -2.23. The van der Waals surface area contributed by atoms with Gasteiger partial charge in [0.15, 0.2) is 16.3 Å². The lowest BCUT2D eigenvalue weighted by atomic mass is 9.97. The molecule has 12 heteroatoms. The van der Waals surface area contributed by atoms with Gasteiger partial charge in [-0.15, -0.1) is 0 Å². The van der Waals surface area contributed by atoms with Crippen molar-refractivity contribution >= 4 is 62.5 Å². The van der Waals surface area contributed by atoms with Crippen molar-refractivity contribution in [2.75, 3.05) is 20.3 Å². The molecule has 1 aliphatic heterocycles. The molecule has 0 amide bonds. The fourth-order valence-electron chi connectivity index (χ4n) is 4.68. The molecule has 44 heavy (non-hydrogen) atoms. The van der Waals surface area contributed by atoms with Crippen LogP contribution in [0, 0.1) is 0 Å². The number of rotatable bonds is 10. The molecular formula is C32H27BrCl2N2O6S. The predicted molar refractivity (Wildman–Crippen MR) is 175 cm³/mol. The molecule has 2 heterocycles. The van der Waals surface area contributed by atoms with Crippen molar-refractivity contribution in [3.63, 3.8) is 0 Å². The van der Waals surface area contributed by atoms with Crippen LogP contribution in [0.5, 0.6) is 17.2 Å². The normalized spacial score (nSPS) is 14.4. The van der Waals surface area contributed by atoms with Gasteiger partial charge in [-0.05, 0) is 73.5 Å². The first-order valence-corrected chi connectivity index (χ1v) is 16.0. The van der Waals surface area contributed by atoms with Crippen molar-refractivity contribution in [1.82, 2.24) is 4.57 Å². The molecule has 0 bridgehead atoms. The molecule has 0 aliphatic carbocycles. The van der Waals surface area contributed by atoms with Gasteiger partial charge in [0.05, 0.1) is 46.5 Å². The molecular weight excluding hydrogens is 691 g/mol. The van der Waals surface area contributed by atoms with Gasteiger partial charge in [0, 0.05) is 16.2 Å². The lowest BCUT2D eigenvalue weighted by Crippen LogP contribution is -2.39. The fraction of sp³-hybridized carbons (Fsp3) is 0.219. The van der Waals surface area contributed by atoms with Gasteiger partial charge >= 0.3 is 5.97 Å². The van der Waals surface area contributed by atoms with E-state index in [0.29, 0.717) is 61.0 Å². The molecule has 0 N–H and O–H groups in total. The molecule has 4 aromatic rings. The van der Waals surface area contributed by atoms with Crippen LogP contribution in [-0.4, -0.2) is 30.9 Å². The summed E-state index contributed by atoms with van der Waals surface area (Å²) in [6.45, 7) is 4.86. The van der Waals surface area contributed by atoms with Gasteiger partial charge in [-0.2, -0.15) is 0 Å². The highest BCUT2D eigenvalue weighted by Crippen LogP contribution is 2.35. The first-order chi connectivity index (χ1) is 21.2. The zero-order valence-corrected chi connectivity index (χ0v) is 27.8. The summed E-state index contributed by atoms with van der Waals surface area (Å²) < 4.78 is 25.5. The zero-order valence-electron chi connectivity index (χ0n) is 23.9. The maximum Gasteiger partial charge on any atom is 0.337 e. The van der Waals surface area contributed by atoms with Crippen LogP contribution >= 0.6 is 50.5 Å². The van der Waals surface area contributed by atoms with Crippen molar-refractivity contribution in [1.29, 1.82) is 0 Å². The van der Waals surface area contributed by atoms with Crippen molar-refractivity contribution in [2.45, 2.75) is 26.5 Å². The third-order valence-electron chi connectivity index (χ3n) is 6.64. The van der Waals surface area contributed by atoms with Crippen LogP contribution < -0.4 is 29.1 Å². The molecule has 0 saturated heterocycles. The molecule has 0 unspecified atom stereocenters. The second-order valence-corrected chi connectivity index (χ2v) is 12.2. The van der Waals surface area contributed by atoms with Crippen LogP contribution in [0.4, 0.5) is 0 Å². The van der Waals surface area contributed by atoms with E-state index in [4.69, 9.17) is 42.1 Å². The van der Waals surface area contributed by atoms with E-state index >= 15 is 0 Å². The minimum Gasteiger partial charge on any atom is -0.490 e. The highest BCUT2D eigenvalue weighted by molar-refractivity contribution is 9.10. The van der Waals surface area contributed by atoms with E-state index in [1.54, 1.807) is 36.4 Å². The molecule has 0 spiro atoms. The number of hydrogen-bond donors (Lipinski definition) is 0. The Morgan fingerprint density at radius 2 is 1.73 bits per heavy atom. The van der Waals surface area contributed by atoms with Gasteiger partial charge in [0.1, 0.15) is 12.4 Å². The van der Waals surface area contributed by atoms with Crippen molar-refractivity contribution in [2.24, 2.45) is 4.99 Å². The fourth-order valence-corrected chi connectivity index (χ4v) is 6.34. The number of hydrogen-bond acceptors (Lipinski definition) is 8. The number of nitrogens with zero attached hydrogens (tertiary/aromatic N) is 2. The third kappa shape index (κ3) is 6.73. The first kappa shape index (κ1) is 31.8. The first-order valence-electron chi connectivity index (χ1n) is 13.6. The highest BCUT2D eigenvalue weighted by Gasteiger charge is 2.31. The second-order valence-electron chi connectivity index (χ2n) is 9.47. The summed E-state index contributed by atoms with van der Waals surface area (Å²) in [5.74, 6) is 1.04. The predicted octanol–water partition coefficient (Wildman–Crippen LogP) is 6.46. The number of fused-ring (bicyclic) bond motifs is 1. The van der Waals surface area contributed by atoms with Gasteiger partial charge in [0.25, 0.3) is 5.56 Å². The quantitative estimate of drug-likeness (QED) is 0.175. The topological polar surface area (TPSA) is 88.4 Å². The van der Waals surface area contributed by atoms with Crippen molar-refractivity contribution in [3.8, 4) is 17.2 Å². The van der Waals surface area contributed by atoms with Crippen LogP contribution in [0.25, 0.3) is 6.08 Å². The summed E-state index contributed by atoms with van der Waals surface area (Å²) >= 11 is 17.0. The summed E-state index contributed by atoms with van der Waals surface area (Å²) in [5, 5.41) is 0.898. The van der Waals surface area contributed by atoms with E-state index in [-0.39, 0.29) is 17.7 Å². The van der Waals surface area contributed by atoms with Gasteiger partial charge < -0.3 is 18.9 Å². The molecule has 0 saturated carbocycles. The highest BCUT2D eigenvalue weighted by atomic mass is 79.9. The van der Waals surface area contributed by atoms with Gasteiger partial charge in [-0.3, -0.25) is 9.36 Å². The van der Waals surface area contributed by atoms with Crippen LogP contribution in [0.3, 0.4) is 0 Å². The average molecular weight is 718 g/mol. The third-order valence-corrected chi connectivity index (χ3v) is 8.87. The Labute approximate surface area is 275 Å². The van der Waals surface area contributed by atoms with Gasteiger partial charge in [-0.25, -0.2) is 9.79 Å². The Kier molecular flexibility index (Phi) is 10.2. The minimum absolute atomic E-state index is 0.214. The number of methoxy groups -OCH3 is 1. The van der Waals surface area contributed by atoms with Crippen molar-refractivity contribution < 1.29 is 23.7 Å². The van der Waals surface area contributed by atoms with E-state index in [9.17, 15) is 9.59 Å². The SMILES string of the molecule is CCOc1ccc([C@H]2C(C(=O)OC)=CN=c3s/c(=C\c4cc(Br)ccc4OCc4ccc(Cl)c(Cl)c4)c(=O)n32)cc1OCC. The molecule has 5 rings (SSSR count). The van der Waals surface area contributed by atoms with E-state index in [0.717, 1.165) is 10.0 Å². The van der Waals surface area contributed by atoms with Crippen molar-refractivity contribution in [3.05, 3.63) is 117 Å². The number of carbonyl (C=O) groups excluding carboxylic acids is 1. The number of ether oxygens (including phenoxy) is 4.